The SMILES string of the molecule is C=C[C@]1(C)O[N+]([O-])=C[C@@H](c2ccccc2)[C@@H]1C. The van der Waals surface area contributed by atoms with Crippen LogP contribution in [0.4, 0.5) is 0 Å². The van der Waals surface area contributed by atoms with Crippen LogP contribution in [0.2, 0.25) is 0 Å². The quantitative estimate of drug-likeness (QED) is 0.579. The second kappa shape index (κ2) is 4.24. The van der Waals surface area contributed by atoms with Crippen molar-refractivity contribution in [3.05, 3.63) is 53.8 Å². The van der Waals surface area contributed by atoms with Gasteiger partial charge in [0.05, 0.1) is 11.5 Å². The maximum atomic E-state index is 11.6. The van der Waals surface area contributed by atoms with Gasteiger partial charge in [-0.25, -0.2) is 0 Å². The van der Waals surface area contributed by atoms with Gasteiger partial charge in [0.2, 0.25) is 6.21 Å². The number of rotatable bonds is 2. The largest absolute Gasteiger partial charge is 0.393 e. The van der Waals surface area contributed by atoms with Crippen LogP contribution in [0.1, 0.15) is 25.3 Å². The van der Waals surface area contributed by atoms with Crippen molar-refractivity contribution in [1.82, 2.24) is 0 Å². The van der Waals surface area contributed by atoms with Crippen LogP contribution in [-0.2, 0) is 4.84 Å². The van der Waals surface area contributed by atoms with Gasteiger partial charge in [0.1, 0.15) is 0 Å². The fraction of sp³-hybridized carbons (Fsp3) is 0.357. The summed E-state index contributed by atoms with van der Waals surface area (Å²) in [6, 6.07) is 9.98. The van der Waals surface area contributed by atoms with E-state index in [1.165, 1.54) is 0 Å². The van der Waals surface area contributed by atoms with Gasteiger partial charge in [-0.15, -0.1) is 6.58 Å². The van der Waals surface area contributed by atoms with Crippen molar-refractivity contribution in [3.63, 3.8) is 0 Å². The van der Waals surface area contributed by atoms with E-state index in [-0.39, 0.29) is 11.8 Å². The summed E-state index contributed by atoms with van der Waals surface area (Å²) in [6.45, 7) is 7.72. The Bertz CT molecular complexity index is 441. The third kappa shape index (κ3) is 2.05. The highest BCUT2D eigenvalue weighted by molar-refractivity contribution is 5.64. The highest BCUT2D eigenvalue weighted by Crippen LogP contribution is 2.37. The van der Waals surface area contributed by atoms with Crippen LogP contribution in [0.3, 0.4) is 0 Å². The lowest BCUT2D eigenvalue weighted by atomic mass is 9.77. The summed E-state index contributed by atoms with van der Waals surface area (Å²) in [5.74, 6) is 0.207. The van der Waals surface area contributed by atoms with Gasteiger partial charge in [0, 0.05) is 4.90 Å². The van der Waals surface area contributed by atoms with Crippen LogP contribution in [0.15, 0.2) is 43.0 Å². The van der Waals surface area contributed by atoms with Crippen molar-refractivity contribution in [1.29, 1.82) is 0 Å². The molecule has 1 aromatic carbocycles. The Kier molecular flexibility index (Phi) is 2.92. The van der Waals surface area contributed by atoms with Crippen LogP contribution in [-0.4, -0.2) is 16.7 Å². The maximum Gasteiger partial charge on any atom is 0.217 e. The van der Waals surface area contributed by atoms with Gasteiger partial charge in [0.25, 0.3) is 0 Å². The molecular formula is C14H17NO2. The van der Waals surface area contributed by atoms with E-state index in [0.29, 0.717) is 4.90 Å². The van der Waals surface area contributed by atoms with Crippen molar-refractivity contribution < 1.29 is 9.74 Å². The Morgan fingerprint density at radius 3 is 2.65 bits per heavy atom. The molecule has 2 rings (SSSR count). The van der Waals surface area contributed by atoms with Crippen molar-refractivity contribution in [2.75, 3.05) is 0 Å². The highest BCUT2D eigenvalue weighted by atomic mass is 16.9. The summed E-state index contributed by atoms with van der Waals surface area (Å²) in [4.78, 5) is 5.85. The number of nitrogens with zero attached hydrogens (tertiary/aromatic N) is 1. The van der Waals surface area contributed by atoms with Crippen molar-refractivity contribution in [3.8, 4) is 0 Å². The van der Waals surface area contributed by atoms with Gasteiger partial charge < -0.3 is 4.84 Å². The smallest absolute Gasteiger partial charge is 0.217 e. The van der Waals surface area contributed by atoms with Gasteiger partial charge in [-0.2, -0.15) is 0 Å². The predicted molar refractivity (Wildman–Crippen MR) is 67.7 cm³/mol. The molecule has 0 radical (unpaired) electrons. The molecule has 1 aliphatic rings. The number of hydrogen-bond donors (Lipinski definition) is 0. The van der Waals surface area contributed by atoms with Crippen LogP contribution < -0.4 is 0 Å². The van der Waals surface area contributed by atoms with Crippen LogP contribution >= 0.6 is 0 Å². The topological polar surface area (TPSA) is 35.3 Å². The van der Waals surface area contributed by atoms with E-state index >= 15 is 0 Å². The van der Waals surface area contributed by atoms with Crippen LogP contribution in [0.5, 0.6) is 0 Å². The fourth-order valence-electron chi connectivity index (χ4n) is 2.20. The molecule has 90 valence electrons. The molecule has 0 unspecified atom stereocenters. The molecule has 1 aliphatic heterocycles. The summed E-state index contributed by atoms with van der Waals surface area (Å²) < 4.78 is 0. The van der Waals surface area contributed by atoms with Crippen molar-refractivity contribution in [2.45, 2.75) is 25.4 Å². The molecule has 0 bridgehead atoms. The lowest BCUT2D eigenvalue weighted by molar-refractivity contribution is -0.766. The molecule has 0 spiro atoms. The van der Waals surface area contributed by atoms with Gasteiger partial charge in [-0.05, 0) is 18.4 Å². The second-order valence-corrected chi connectivity index (χ2v) is 4.64. The first-order valence-electron chi connectivity index (χ1n) is 5.76. The summed E-state index contributed by atoms with van der Waals surface area (Å²) in [5, 5.41) is 11.6. The summed E-state index contributed by atoms with van der Waals surface area (Å²) in [7, 11) is 0. The summed E-state index contributed by atoms with van der Waals surface area (Å²) in [5.41, 5.74) is 0.494. The van der Waals surface area contributed by atoms with Crippen molar-refractivity contribution >= 4 is 6.21 Å². The van der Waals surface area contributed by atoms with Gasteiger partial charge in [0.15, 0.2) is 0 Å². The predicted octanol–water partition coefficient (Wildman–Crippen LogP) is 2.88. The standard InChI is InChI=1S/C14H17NO2/c1-4-14(3)11(2)13(10-15(16)17-14)12-8-6-5-7-9-12/h4-11,13H,1H2,2-3H3/t11-,13+,14-/m0/s1. The second-order valence-electron chi connectivity index (χ2n) is 4.64. The molecule has 0 amide bonds. The molecule has 17 heavy (non-hydrogen) atoms. The van der Waals surface area contributed by atoms with E-state index in [9.17, 15) is 5.21 Å². The minimum absolute atomic E-state index is 0.0467. The molecule has 0 saturated heterocycles. The Balaban J connectivity index is 2.41. The van der Waals surface area contributed by atoms with Gasteiger partial charge in [-0.1, -0.05) is 43.3 Å². The Morgan fingerprint density at radius 2 is 2.06 bits per heavy atom. The third-order valence-electron chi connectivity index (χ3n) is 3.60. The molecule has 3 heteroatoms. The minimum Gasteiger partial charge on any atom is -0.393 e. The summed E-state index contributed by atoms with van der Waals surface area (Å²) in [6.07, 6.45) is 3.27. The molecular weight excluding hydrogens is 214 g/mol. The monoisotopic (exact) mass is 231 g/mol. The van der Waals surface area contributed by atoms with Crippen LogP contribution in [0.25, 0.3) is 0 Å². The van der Waals surface area contributed by atoms with E-state index in [2.05, 4.69) is 13.5 Å². The molecule has 3 nitrogen and oxygen atoms in total. The zero-order valence-corrected chi connectivity index (χ0v) is 10.2. The molecule has 1 aromatic rings. The fourth-order valence-corrected chi connectivity index (χ4v) is 2.20. The first kappa shape index (κ1) is 11.7. The minimum atomic E-state index is -0.628. The van der Waals surface area contributed by atoms with E-state index in [1.807, 2.05) is 37.3 Å². The number of hydrogen-bond acceptors (Lipinski definition) is 2. The van der Waals surface area contributed by atoms with E-state index in [1.54, 1.807) is 12.3 Å². The highest BCUT2D eigenvalue weighted by Gasteiger charge is 2.40. The molecule has 0 saturated carbocycles. The molecule has 0 aromatic heterocycles. The van der Waals surface area contributed by atoms with Crippen molar-refractivity contribution in [2.24, 2.45) is 5.92 Å². The normalized spacial score (nSPS) is 32.5. The first-order chi connectivity index (χ1) is 8.07. The lowest BCUT2D eigenvalue weighted by Gasteiger charge is -2.40. The van der Waals surface area contributed by atoms with E-state index in [4.69, 9.17) is 4.84 Å². The molecule has 0 N–H and O–H groups in total. The van der Waals surface area contributed by atoms with E-state index in [0.717, 1.165) is 5.56 Å². The Morgan fingerprint density at radius 1 is 1.41 bits per heavy atom. The molecule has 1 heterocycles. The van der Waals surface area contributed by atoms with Crippen LogP contribution in [0, 0.1) is 11.1 Å². The first-order valence-corrected chi connectivity index (χ1v) is 5.76. The summed E-state index contributed by atoms with van der Waals surface area (Å²) >= 11 is 0. The number of benzene rings is 1. The average Bonchev–Trinajstić information content (AvgIpc) is 2.35. The van der Waals surface area contributed by atoms with E-state index < -0.39 is 5.60 Å². The Hall–Kier alpha value is -1.77. The zero-order valence-electron chi connectivity index (χ0n) is 10.2. The van der Waals surface area contributed by atoms with Gasteiger partial charge >= 0.3 is 0 Å². The molecule has 0 fully saturated rings. The van der Waals surface area contributed by atoms with Gasteiger partial charge in [-0.3, -0.25) is 5.21 Å². The zero-order chi connectivity index (χ0) is 12.5. The maximum absolute atomic E-state index is 11.6. The Labute approximate surface area is 102 Å². The average molecular weight is 231 g/mol. The molecule has 3 atom stereocenters. The third-order valence-corrected chi connectivity index (χ3v) is 3.60. The molecule has 0 aliphatic carbocycles. The lowest BCUT2D eigenvalue weighted by Crippen LogP contribution is -2.45.